The van der Waals surface area contributed by atoms with E-state index < -0.39 is 0 Å². The fourth-order valence-corrected chi connectivity index (χ4v) is 1.54. The summed E-state index contributed by atoms with van der Waals surface area (Å²) in [4.78, 5) is 4.26. The molecule has 15 heavy (non-hydrogen) atoms. The van der Waals surface area contributed by atoms with Crippen LogP contribution < -0.4 is 11.3 Å². The van der Waals surface area contributed by atoms with Gasteiger partial charge in [0.25, 0.3) is 0 Å². The van der Waals surface area contributed by atoms with Gasteiger partial charge in [0.1, 0.15) is 6.04 Å². The summed E-state index contributed by atoms with van der Waals surface area (Å²) in [5, 5.41) is 4.10. The maximum absolute atomic E-state index is 5.53. The summed E-state index contributed by atoms with van der Waals surface area (Å²) in [5.74, 6) is 5.53. The Morgan fingerprint density at radius 2 is 2.20 bits per heavy atom. The molecule has 0 saturated carbocycles. The molecule has 2 rings (SSSR count). The fraction of sp³-hybridized carbons (Fsp3) is 0.200. The Morgan fingerprint density at radius 1 is 1.33 bits per heavy atom. The molecule has 5 heteroatoms. The molecule has 0 spiro atoms. The van der Waals surface area contributed by atoms with Gasteiger partial charge in [0.15, 0.2) is 0 Å². The topological polar surface area (TPSA) is 68.8 Å². The highest BCUT2D eigenvalue weighted by atomic mass is 15.3. The van der Waals surface area contributed by atoms with Gasteiger partial charge in [0, 0.05) is 19.4 Å². The maximum atomic E-state index is 5.53. The number of aryl methyl sites for hydroxylation is 1. The first-order valence-electron chi connectivity index (χ1n) is 4.68. The van der Waals surface area contributed by atoms with Gasteiger partial charge in [-0.3, -0.25) is 15.5 Å². The molecule has 2 aromatic heterocycles. The van der Waals surface area contributed by atoms with Gasteiger partial charge in [-0.25, -0.2) is 5.43 Å². The second kappa shape index (κ2) is 4.20. The summed E-state index contributed by atoms with van der Waals surface area (Å²) < 4.78 is 1.78. The average molecular weight is 203 g/mol. The highest BCUT2D eigenvalue weighted by Crippen LogP contribution is 2.17. The first-order valence-corrected chi connectivity index (χ1v) is 4.68. The molecular weight excluding hydrogens is 190 g/mol. The molecule has 0 aliphatic heterocycles. The van der Waals surface area contributed by atoms with E-state index in [2.05, 4.69) is 15.5 Å². The van der Waals surface area contributed by atoms with Crippen LogP contribution >= 0.6 is 0 Å². The van der Waals surface area contributed by atoms with Crippen molar-refractivity contribution in [2.24, 2.45) is 12.9 Å². The number of nitrogens with two attached hydrogens (primary N) is 1. The first-order chi connectivity index (χ1) is 7.33. The van der Waals surface area contributed by atoms with Crippen molar-refractivity contribution >= 4 is 0 Å². The second-order valence-corrected chi connectivity index (χ2v) is 3.23. The van der Waals surface area contributed by atoms with Gasteiger partial charge in [0.2, 0.25) is 0 Å². The molecule has 0 bridgehead atoms. The molecule has 1 atom stereocenters. The molecular formula is C10H13N5. The third-order valence-corrected chi connectivity index (χ3v) is 2.30. The van der Waals surface area contributed by atoms with Crippen LogP contribution in [-0.4, -0.2) is 14.8 Å². The number of pyridine rings is 1. The lowest BCUT2D eigenvalue weighted by atomic mass is 10.1. The van der Waals surface area contributed by atoms with E-state index in [1.807, 2.05) is 31.3 Å². The third-order valence-electron chi connectivity index (χ3n) is 2.30. The molecule has 0 aromatic carbocycles. The maximum Gasteiger partial charge on any atom is 0.105 e. The number of hydrazine groups is 1. The highest BCUT2D eigenvalue weighted by Gasteiger charge is 2.16. The monoisotopic (exact) mass is 203 g/mol. The molecule has 0 aliphatic carbocycles. The van der Waals surface area contributed by atoms with Gasteiger partial charge in [-0.05, 0) is 18.2 Å². The second-order valence-electron chi connectivity index (χ2n) is 3.23. The smallest absolute Gasteiger partial charge is 0.105 e. The van der Waals surface area contributed by atoms with E-state index in [0.717, 1.165) is 11.4 Å². The Hall–Kier alpha value is -1.72. The molecule has 5 nitrogen and oxygen atoms in total. The molecule has 0 saturated heterocycles. The van der Waals surface area contributed by atoms with E-state index >= 15 is 0 Å². The molecule has 0 amide bonds. The lowest BCUT2D eigenvalue weighted by Crippen LogP contribution is -2.30. The van der Waals surface area contributed by atoms with Crippen molar-refractivity contribution < 1.29 is 0 Å². The summed E-state index contributed by atoms with van der Waals surface area (Å²) in [5.41, 5.74) is 4.60. The van der Waals surface area contributed by atoms with Gasteiger partial charge in [0.05, 0.1) is 11.4 Å². The van der Waals surface area contributed by atoms with Gasteiger partial charge in [-0.1, -0.05) is 6.07 Å². The quantitative estimate of drug-likeness (QED) is 0.558. The van der Waals surface area contributed by atoms with Crippen molar-refractivity contribution in [1.29, 1.82) is 0 Å². The van der Waals surface area contributed by atoms with Gasteiger partial charge >= 0.3 is 0 Å². The van der Waals surface area contributed by atoms with E-state index in [9.17, 15) is 0 Å². The number of rotatable bonds is 3. The summed E-state index contributed by atoms with van der Waals surface area (Å²) in [6, 6.07) is 7.53. The minimum Gasteiger partial charge on any atom is -0.271 e. The average Bonchev–Trinajstić information content (AvgIpc) is 2.68. The van der Waals surface area contributed by atoms with Crippen LogP contribution in [0.4, 0.5) is 0 Å². The van der Waals surface area contributed by atoms with Crippen molar-refractivity contribution in [3.63, 3.8) is 0 Å². The van der Waals surface area contributed by atoms with Gasteiger partial charge < -0.3 is 0 Å². The molecule has 2 heterocycles. The van der Waals surface area contributed by atoms with Crippen LogP contribution in [0.15, 0.2) is 36.7 Å². The van der Waals surface area contributed by atoms with Gasteiger partial charge in [-0.15, -0.1) is 0 Å². The Morgan fingerprint density at radius 3 is 2.73 bits per heavy atom. The summed E-state index contributed by atoms with van der Waals surface area (Å²) >= 11 is 0. The number of nitrogens with one attached hydrogen (secondary N) is 1. The zero-order valence-electron chi connectivity index (χ0n) is 8.46. The standard InChI is InChI=1S/C10H13N5/c1-15-9(5-7-13-15)10(14-11)8-4-2-3-6-12-8/h2-7,10,14H,11H2,1H3. The minimum atomic E-state index is -0.126. The molecule has 0 fully saturated rings. The largest absolute Gasteiger partial charge is 0.271 e. The normalized spacial score (nSPS) is 12.7. The highest BCUT2D eigenvalue weighted by molar-refractivity contribution is 5.20. The van der Waals surface area contributed by atoms with Crippen molar-refractivity contribution in [2.75, 3.05) is 0 Å². The first kappa shape index (κ1) is 9.82. The van der Waals surface area contributed by atoms with E-state index in [1.165, 1.54) is 0 Å². The van der Waals surface area contributed by atoms with Crippen LogP contribution in [0.1, 0.15) is 17.4 Å². The van der Waals surface area contributed by atoms with Crippen LogP contribution in [-0.2, 0) is 7.05 Å². The third kappa shape index (κ3) is 1.88. The Labute approximate surface area is 87.9 Å². The lowest BCUT2D eigenvalue weighted by Gasteiger charge is -2.15. The SMILES string of the molecule is Cn1nccc1C(NN)c1ccccn1. The zero-order valence-corrected chi connectivity index (χ0v) is 8.46. The number of nitrogens with zero attached hydrogens (tertiary/aromatic N) is 3. The molecule has 0 radical (unpaired) electrons. The number of aromatic nitrogens is 3. The number of hydrogen-bond donors (Lipinski definition) is 2. The van der Waals surface area contributed by atoms with Crippen molar-refractivity contribution in [3.05, 3.63) is 48.0 Å². The van der Waals surface area contributed by atoms with Crippen LogP contribution in [0.25, 0.3) is 0 Å². The molecule has 78 valence electrons. The van der Waals surface area contributed by atoms with Crippen LogP contribution in [0.2, 0.25) is 0 Å². The van der Waals surface area contributed by atoms with E-state index in [4.69, 9.17) is 5.84 Å². The van der Waals surface area contributed by atoms with Crippen LogP contribution in [0.3, 0.4) is 0 Å². The Bertz CT molecular complexity index is 422. The summed E-state index contributed by atoms with van der Waals surface area (Å²) in [6.45, 7) is 0. The summed E-state index contributed by atoms with van der Waals surface area (Å²) in [7, 11) is 1.88. The zero-order chi connectivity index (χ0) is 10.7. The van der Waals surface area contributed by atoms with Crippen LogP contribution in [0, 0.1) is 0 Å². The van der Waals surface area contributed by atoms with Crippen LogP contribution in [0.5, 0.6) is 0 Å². The van der Waals surface area contributed by atoms with Crippen molar-refractivity contribution in [1.82, 2.24) is 20.2 Å². The number of hydrogen-bond acceptors (Lipinski definition) is 4. The van der Waals surface area contributed by atoms with E-state index in [-0.39, 0.29) is 6.04 Å². The lowest BCUT2D eigenvalue weighted by molar-refractivity contribution is 0.564. The van der Waals surface area contributed by atoms with E-state index in [1.54, 1.807) is 17.1 Å². The Balaban J connectivity index is 2.37. The predicted octanol–water partition coefficient (Wildman–Crippen LogP) is 0.368. The van der Waals surface area contributed by atoms with E-state index in [0.29, 0.717) is 0 Å². The summed E-state index contributed by atoms with van der Waals surface area (Å²) in [6.07, 6.45) is 3.48. The molecule has 1 unspecified atom stereocenters. The fourth-order valence-electron chi connectivity index (χ4n) is 1.54. The Kier molecular flexibility index (Phi) is 2.75. The predicted molar refractivity (Wildman–Crippen MR) is 56.6 cm³/mol. The van der Waals surface area contributed by atoms with Crippen molar-refractivity contribution in [2.45, 2.75) is 6.04 Å². The van der Waals surface area contributed by atoms with Gasteiger partial charge in [-0.2, -0.15) is 5.10 Å². The minimum absolute atomic E-state index is 0.126. The molecule has 3 N–H and O–H groups in total. The molecule has 0 aliphatic rings. The van der Waals surface area contributed by atoms with Crippen molar-refractivity contribution in [3.8, 4) is 0 Å². The molecule has 2 aromatic rings.